The topological polar surface area (TPSA) is 63.3 Å². The van der Waals surface area contributed by atoms with Crippen LogP contribution in [0.15, 0.2) is 0 Å². The molecule has 76 valence electrons. The van der Waals surface area contributed by atoms with Gasteiger partial charge in [-0.3, -0.25) is 0 Å². The van der Waals surface area contributed by atoms with Crippen molar-refractivity contribution in [2.24, 2.45) is 11.1 Å². The standard InChI is InChI=1S/C10H19NO2/c11-8-10(9(13)7-12)5-3-1-2-4-6-10/h7,9,13H,1-6,8,11H2. The lowest BCUT2D eigenvalue weighted by atomic mass is 9.76. The third-order valence-electron chi connectivity index (χ3n) is 3.26. The molecule has 0 amide bonds. The van der Waals surface area contributed by atoms with E-state index >= 15 is 0 Å². The van der Waals surface area contributed by atoms with Gasteiger partial charge >= 0.3 is 0 Å². The van der Waals surface area contributed by atoms with Gasteiger partial charge in [0.25, 0.3) is 0 Å². The van der Waals surface area contributed by atoms with E-state index in [0.717, 1.165) is 25.7 Å². The second-order valence-corrected chi connectivity index (χ2v) is 4.06. The normalized spacial score (nSPS) is 24.8. The monoisotopic (exact) mass is 185 g/mol. The largest absolute Gasteiger partial charge is 0.385 e. The summed E-state index contributed by atoms with van der Waals surface area (Å²) in [6, 6.07) is 0. The van der Waals surface area contributed by atoms with E-state index in [1.54, 1.807) is 0 Å². The van der Waals surface area contributed by atoms with Gasteiger partial charge in [-0.25, -0.2) is 0 Å². The van der Waals surface area contributed by atoms with Crippen LogP contribution in [-0.2, 0) is 4.79 Å². The van der Waals surface area contributed by atoms with Crippen LogP contribution in [0.25, 0.3) is 0 Å². The molecule has 0 aromatic heterocycles. The summed E-state index contributed by atoms with van der Waals surface area (Å²) in [6.07, 6.45) is 6.13. The first-order chi connectivity index (χ1) is 6.25. The first-order valence-corrected chi connectivity index (χ1v) is 5.08. The Labute approximate surface area is 79.3 Å². The molecule has 0 heterocycles. The van der Waals surface area contributed by atoms with Crippen LogP contribution in [0.5, 0.6) is 0 Å². The average Bonchev–Trinajstić information content (AvgIpc) is 2.42. The molecule has 1 fully saturated rings. The van der Waals surface area contributed by atoms with Gasteiger partial charge in [0.05, 0.1) is 0 Å². The van der Waals surface area contributed by atoms with Crippen molar-refractivity contribution >= 4 is 6.29 Å². The second kappa shape index (κ2) is 4.72. The summed E-state index contributed by atoms with van der Waals surface area (Å²) < 4.78 is 0. The zero-order valence-electron chi connectivity index (χ0n) is 8.04. The Hall–Kier alpha value is -0.410. The molecule has 0 aromatic carbocycles. The van der Waals surface area contributed by atoms with Crippen molar-refractivity contribution in [2.45, 2.75) is 44.6 Å². The quantitative estimate of drug-likeness (QED) is 0.506. The summed E-state index contributed by atoms with van der Waals surface area (Å²) >= 11 is 0. The van der Waals surface area contributed by atoms with Crippen molar-refractivity contribution < 1.29 is 9.90 Å². The van der Waals surface area contributed by atoms with E-state index in [4.69, 9.17) is 5.73 Å². The Morgan fingerprint density at radius 3 is 2.23 bits per heavy atom. The van der Waals surface area contributed by atoms with Gasteiger partial charge in [-0.15, -0.1) is 0 Å². The number of carbonyl (C=O) groups excluding carboxylic acids is 1. The molecular weight excluding hydrogens is 166 g/mol. The number of hydrogen-bond donors (Lipinski definition) is 2. The van der Waals surface area contributed by atoms with Crippen molar-refractivity contribution in [3.8, 4) is 0 Å². The Bertz CT molecular complexity index is 162. The fraction of sp³-hybridized carbons (Fsp3) is 0.900. The van der Waals surface area contributed by atoms with Gasteiger partial charge in [-0.2, -0.15) is 0 Å². The number of nitrogens with two attached hydrogens (primary N) is 1. The predicted octanol–water partition coefficient (Wildman–Crippen LogP) is 0.845. The third kappa shape index (κ3) is 2.29. The molecule has 0 spiro atoms. The van der Waals surface area contributed by atoms with Crippen LogP contribution in [0, 0.1) is 5.41 Å². The van der Waals surface area contributed by atoms with Gasteiger partial charge in [0, 0.05) is 12.0 Å². The second-order valence-electron chi connectivity index (χ2n) is 4.06. The lowest BCUT2D eigenvalue weighted by molar-refractivity contribution is -0.121. The van der Waals surface area contributed by atoms with Crippen molar-refractivity contribution in [3.05, 3.63) is 0 Å². The SMILES string of the molecule is NCC1(C(O)C=O)CCCCCC1. The fourth-order valence-corrected chi connectivity index (χ4v) is 2.20. The Balaban J connectivity index is 2.69. The lowest BCUT2D eigenvalue weighted by Crippen LogP contribution is -2.42. The van der Waals surface area contributed by atoms with Crippen LogP contribution >= 0.6 is 0 Å². The fourth-order valence-electron chi connectivity index (χ4n) is 2.20. The Morgan fingerprint density at radius 2 is 1.85 bits per heavy atom. The van der Waals surface area contributed by atoms with Gasteiger partial charge in [0.15, 0.2) is 0 Å². The number of hydrogen-bond acceptors (Lipinski definition) is 3. The van der Waals surface area contributed by atoms with E-state index in [9.17, 15) is 9.90 Å². The molecule has 1 aliphatic carbocycles. The zero-order chi connectivity index (χ0) is 9.73. The van der Waals surface area contributed by atoms with E-state index in [1.165, 1.54) is 12.8 Å². The minimum absolute atomic E-state index is 0.321. The maximum atomic E-state index is 10.6. The smallest absolute Gasteiger partial charge is 0.149 e. The highest BCUT2D eigenvalue weighted by atomic mass is 16.3. The highest BCUT2D eigenvalue weighted by Gasteiger charge is 2.36. The molecule has 1 atom stereocenters. The first-order valence-electron chi connectivity index (χ1n) is 5.08. The van der Waals surface area contributed by atoms with Gasteiger partial charge in [-0.1, -0.05) is 25.7 Å². The molecule has 3 N–H and O–H groups in total. The molecule has 0 aromatic rings. The summed E-state index contributed by atoms with van der Waals surface area (Å²) in [4.78, 5) is 10.6. The number of aliphatic hydroxyl groups excluding tert-OH is 1. The van der Waals surface area contributed by atoms with Crippen LogP contribution in [0.4, 0.5) is 0 Å². The molecule has 1 rings (SSSR count). The summed E-state index contributed by atoms with van der Waals surface area (Å²) in [7, 11) is 0. The molecule has 1 aliphatic rings. The molecule has 0 saturated heterocycles. The number of carbonyl (C=O) groups is 1. The summed E-state index contributed by atoms with van der Waals surface area (Å²) in [5.41, 5.74) is 5.34. The van der Waals surface area contributed by atoms with Gasteiger partial charge < -0.3 is 15.6 Å². The minimum Gasteiger partial charge on any atom is -0.385 e. The van der Waals surface area contributed by atoms with Crippen LogP contribution in [-0.4, -0.2) is 24.0 Å². The molecule has 1 unspecified atom stereocenters. The first kappa shape index (κ1) is 10.7. The van der Waals surface area contributed by atoms with Crippen LogP contribution in [0.3, 0.4) is 0 Å². The molecular formula is C10H19NO2. The number of aliphatic hydroxyl groups is 1. The van der Waals surface area contributed by atoms with Gasteiger partial charge in [0.2, 0.25) is 0 Å². The zero-order valence-corrected chi connectivity index (χ0v) is 8.04. The average molecular weight is 185 g/mol. The van der Waals surface area contributed by atoms with Crippen LogP contribution in [0.1, 0.15) is 38.5 Å². The molecule has 0 bridgehead atoms. The van der Waals surface area contributed by atoms with Gasteiger partial charge in [-0.05, 0) is 12.8 Å². The molecule has 13 heavy (non-hydrogen) atoms. The van der Waals surface area contributed by atoms with Crippen molar-refractivity contribution in [2.75, 3.05) is 6.54 Å². The van der Waals surface area contributed by atoms with Crippen LogP contribution in [0.2, 0.25) is 0 Å². The highest BCUT2D eigenvalue weighted by molar-refractivity contribution is 5.57. The molecule has 1 saturated carbocycles. The van der Waals surface area contributed by atoms with E-state index < -0.39 is 6.10 Å². The van der Waals surface area contributed by atoms with Gasteiger partial charge in [0.1, 0.15) is 12.4 Å². The van der Waals surface area contributed by atoms with E-state index in [-0.39, 0.29) is 5.41 Å². The van der Waals surface area contributed by atoms with Crippen LogP contribution < -0.4 is 5.73 Å². The molecule has 0 aliphatic heterocycles. The summed E-state index contributed by atoms with van der Waals surface area (Å²) in [6.45, 7) is 0.424. The molecule has 0 radical (unpaired) electrons. The van der Waals surface area contributed by atoms with E-state index in [2.05, 4.69) is 0 Å². The van der Waals surface area contributed by atoms with Crippen molar-refractivity contribution in [1.29, 1.82) is 0 Å². The van der Waals surface area contributed by atoms with Crippen molar-refractivity contribution in [1.82, 2.24) is 0 Å². The molecule has 3 heteroatoms. The summed E-state index contributed by atoms with van der Waals surface area (Å²) in [5, 5.41) is 9.61. The molecule has 3 nitrogen and oxygen atoms in total. The lowest BCUT2D eigenvalue weighted by Gasteiger charge is -2.33. The Kier molecular flexibility index (Phi) is 3.88. The van der Waals surface area contributed by atoms with E-state index in [0.29, 0.717) is 12.8 Å². The number of rotatable bonds is 3. The summed E-state index contributed by atoms with van der Waals surface area (Å²) in [5.74, 6) is 0. The maximum absolute atomic E-state index is 10.6. The predicted molar refractivity (Wildman–Crippen MR) is 51.3 cm³/mol. The number of aldehydes is 1. The Morgan fingerprint density at radius 1 is 1.31 bits per heavy atom. The van der Waals surface area contributed by atoms with Crippen molar-refractivity contribution in [3.63, 3.8) is 0 Å². The third-order valence-corrected chi connectivity index (χ3v) is 3.26. The minimum atomic E-state index is -0.865. The highest BCUT2D eigenvalue weighted by Crippen LogP contribution is 2.36. The van der Waals surface area contributed by atoms with E-state index in [1.807, 2.05) is 0 Å². The maximum Gasteiger partial charge on any atom is 0.149 e.